The number of hydrogen-bond donors (Lipinski definition) is 2. The largest absolute Gasteiger partial charge is 0.477 e. The lowest BCUT2D eigenvalue weighted by Crippen LogP contribution is -2.45. The quantitative estimate of drug-likeness (QED) is 0.895. The second-order valence-corrected chi connectivity index (χ2v) is 6.47. The Hall–Kier alpha value is -1.63. The zero-order valence-electron chi connectivity index (χ0n) is 12.5. The molecule has 0 radical (unpaired) electrons. The first-order chi connectivity index (χ1) is 9.93. The summed E-state index contributed by atoms with van der Waals surface area (Å²) in [6, 6.07) is 0.465. The van der Waals surface area contributed by atoms with Gasteiger partial charge in [-0.05, 0) is 33.1 Å². The molecule has 6 nitrogen and oxygen atoms in total. The topological polar surface area (TPSA) is 82.5 Å². The highest BCUT2D eigenvalue weighted by molar-refractivity contribution is 7.13. The molecule has 2 rings (SSSR count). The molecular weight excluding hydrogens is 290 g/mol. The molecule has 1 aromatic heterocycles. The third-order valence-electron chi connectivity index (χ3n) is 3.92. The number of thiazole rings is 1. The van der Waals surface area contributed by atoms with Gasteiger partial charge in [0.2, 0.25) is 0 Å². The molecule has 1 saturated heterocycles. The minimum absolute atomic E-state index is 0.0865. The number of aryl methyl sites for hydroxylation is 1. The van der Waals surface area contributed by atoms with E-state index in [1.54, 1.807) is 6.92 Å². The summed E-state index contributed by atoms with van der Waals surface area (Å²) in [6.07, 6.45) is 3.04. The van der Waals surface area contributed by atoms with Crippen molar-refractivity contribution in [3.05, 3.63) is 15.6 Å². The van der Waals surface area contributed by atoms with Gasteiger partial charge in [0, 0.05) is 12.1 Å². The summed E-state index contributed by atoms with van der Waals surface area (Å²) >= 11 is 1.12. The molecule has 0 aromatic carbocycles. The SMILES string of the molecule is CCC1CCC(C)N1C(=O)NCc1nc(C)c(C(=O)O)s1. The van der Waals surface area contributed by atoms with Crippen LogP contribution >= 0.6 is 11.3 Å². The Kier molecular flexibility index (Phi) is 4.82. The van der Waals surface area contributed by atoms with Gasteiger partial charge in [0.05, 0.1) is 12.2 Å². The molecule has 0 saturated carbocycles. The Bertz CT molecular complexity index is 544. The van der Waals surface area contributed by atoms with E-state index in [2.05, 4.69) is 24.1 Å². The maximum absolute atomic E-state index is 12.3. The summed E-state index contributed by atoms with van der Waals surface area (Å²) < 4.78 is 0. The number of aromatic nitrogens is 1. The number of urea groups is 1. The van der Waals surface area contributed by atoms with Gasteiger partial charge in [0.15, 0.2) is 0 Å². The number of carboxylic acid groups (broad SMARTS) is 1. The van der Waals surface area contributed by atoms with Crippen LogP contribution in [-0.2, 0) is 6.54 Å². The van der Waals surface area contributed by atoms with Crippen LogP contribution < -0.4 is 5.32 Å². The lowest BCUT2D eigenvalue weighted by atomic mass is 10.2. The molecule has 0 bridgehead atoms. The van der Waals surface area contributed by atoms with Crippen molar-refractivity contribution >= 4 is 23.3 Å². The second kappa shape index (κ2) is 6.43. The molecule has 7 heteroatoms. The predicted octanol–water partition coefficient (Wildman–Crippen LogP) is 2.62. The molecule has 2 heterocycles. The fraction of sp³-hybridized carbons (Fsp3) is 0.643. The van der Waals surface area contributed by atoms with E-state index < -0.39 is 5.97 Å². The number of carboxylic acids is 1. The molecule has 2 amide bonds. The molecule has 1 fully saturated rings. The van der Waals surface area contributed by atoms with Gasteiger partial charge < -0.3 is 15.3 Å². The van der Waals surface area contributed by atoms with E-state index in [1.807, 2.05) is 4.90 Å². The average Bonchev–Trinajstić information content (AvgIpc) is 2.99. The van der Waals surface area contributed by atoms with Crippen molar-refractivity contribution in [2.75, 3.05) is 0 Å². The molecule has 1 aromatic rings. The summed E-state index contributed by atoms with van der Waals surface area (Å²) in [5.41, 5.74) is 0.498. The van der Waals surface area contributed by atoms with Crippen LogP contribution in [-0.4, -0.2) is 39.1 Å². The van der Waals surface area contributed by atoms with Gasteiger partial charge >= 0.3 is 12.0 Å². The maximum atomic E-state index is 12.3. The molecule has 2 unspecified atom stereocenters. The molecule has 0 spiro atoms. The summed E-state index contributed by atoms with van der Waals surface area (Å²) in [5, 5.41) is 12.5. The average molecular weight is 311 g/mol. The number of aromatic carboxylic acids is 1. The molecule has 1 aliphatic rings. The van der Waals surface area contributed by atoms with Gasteiger partial charge in [-0.3, -0.25) is 0 Å². The smallest absolute Gasteiger partial charge is 0.347 e. The number of hydrogen-bond acceptors (Lipinski definition) is 4. The van der Waals surface area contributed by atoms with Gasteiger partial charge in [0.1, 0.15) is 9.88 Å². The fourth-order valence-corrected chi connectivity index (χ4v) is 3.65. The van der Waals surface area contributed by atoms with Gasteiger partial charge in [-0.1, -0.05) is 6.92 Å². The highest BCUT2D eigenvalue weighted by Gasteiger charge is 2.33. The third kappa shape index (κ3) is 3.34. The van der Waals surface area contributed by atoms with Crippen molar-refractivity contribution in [3.63, 3.8) is 0 Å². The van der Waals surface area contributed by atoms with E-state index in [0.29, 0.717) is 16.7 Å². The molecule has 116 valence electrons. The summed E-state index contributed by atoms with van der Waals surface area (Å²) in [7, 11) is 0. The van der Waals surface area contributed by atoms with E-state index in [4.69, 9.17) is 5.11 Å². The Morgan fingerprint density at radius 2 is 2.19 bits per heavy atom. The first-order valence-corrected chi connectivity index (χ1v) is 8.01. The maximum Gasteiger partial charge on any atom is 0.347 e. The molecular formula is C14H21N3O3S. The van der Waals surface area contributed by atoms with Crippen molar-refractivity contribution in [3.8, 4) is 0 Å². The van der Waals surface area contributed by atoms with Crippen LogP contribution in [0, 0.1) is 6.92 Å². The highest BCUT2D eigenvalue weighted by atomic mass is 32.1. The van der Waals surface area contributed by atoms with Crippen LogP contribution in [0.2, 0.25) is 0 Å². The van der Waals surface area contributed by atoms with Crippen molar-refractivity contribution in [1.29, 1.82) is 0 Å². The van der Waals surface area contributed by atoms with E-state index in [-0.39, 0.29) is 23.5 Å². The van der Waals surface area contributed by atoms with Crippen molar-refractivity contribution in [2.24, 2.45) is 0 Å². The Labute approximate surface area is 128 Å². The summed E-state index contributed by atoms with van der Waals surface area (Å²) in [6.45, 7) is 6.09. The van der Waals surface area contributed by atoms with Gasteiger partial charge in [-0.15, -0.1) is 11.3 Å². The Morgan fingerprint density at radius 1 is 1.48 bits per heavy atom. The Balaban J connectivity index is 1.98. The second-order valence-electron chi connectivity index (χ2n) is 5.38. The van der Waals surface area contributed by atoms with Crippen LogP contribution in [0.3, 0.4) is 0 Å². The van der Waals surface area contributed by atoms with Crippen LogP contribution in [0.25, 0.3) is 0 Å². The molecule has 1 aliphatic heterocycles. The van der Waals surface area contributed by atoms with Crippen LogP contribution in [0.1, 0.15) is 53.5 Å². The van der Waals surface area contributed by atoms with Crippen LogP contribution in [0.15, 0.2) is 0 Å². The number of rotatable bonds is 4. The monoisotopic (exact) mass is 311 g/mol. The van der Waals surface area contributed by atoms with Crippen molar-refractivity contribution in [1.82, 2.24) is 15.2 Å². The number of carbonyl (C=O) groups excluding carboxylic acids is 1. The number of carbonyl (C=O) groups is 2. The lowest BCUT2D eigenvalue weighted by molar-refractivity contribution is 0.0701. The standard InChI is InChI=1S/C14H21N3O3S/c1-4-10-6-5-8(2)17(10)14(20)15-7-11-16-9(3)12(21-11)13(18)19/h8,10H,4-7H2,1-3H3,(H,15,20)(H,18,19). The van der Waals surface area contributed by atoms with Crippen molar-refractivity contribution < 1.29 is 14.7 Å². The third-order valence-corrected chi connectivity index (χ3v) is 5.06. The number of nitrogens with one attached hydrogen (secondary N) is 1. The molecule has 2 atom stereocenters. The van der Waals surface area contributed by atoms with Gasteiger partial charge in [-0.25, -0.2) is 14.6 Å². The van der Waals surface area contributed by atoms with E-state index in [1.165, 1.54) is 0 Å². The highest BCUT2D eigenvalue weighted by Crippen LogP contribution is 2.26. The van der Waals surface area contributed by atoms with Crippen molar-refractivity contribution in [2.45, 2.75) is 58.7 Å². The van der Waals surface area contributed by atoms with Crippen LogP contribution in [0.5, 0.6) is 0 Å². The van der Waals surface area contributed by atoms with Crippen LogP contribution in [0.4, 0.5) is 4.79 Å². The summed E-state index contributed by atoms with van der Waals surface area (Å²) in [5.74, 6) is -0.971. The molecule has 0 aliphatic carbocycles. The van der Waals surface area contributed by atoms with E-state index in [0.717, 1.165) is 30.6 Å². The first kappa shape index (κ1) is 15.8. The zero-order valence-corrected chi connectivity index (χ0v) is 13.4. The van der Waals surface area contributed by atoms with Gasteiger partial charge in [-0.2, -0.15) is 0 Å². The van der Waals surface area contributed by atoms with E-state index >= 15 is 0 Å². The number of amides is 2. The normalized spacial score (nSPS) is 21.6. The lowest BCUT2D eigenvalue weighted by Gasteiger charge is -2.27. The first-order valence-electron chi connectivity index (χ1n) is 7.19. The minimum Gasteiger partial charge on any atom is -0.477 e. The Morgan fingerprint density at radius 3 is 2.76 bits per heavy atom. The minimum atomic E-state index is -0.971. The zero-order chi connectivity index (χ0) is 15.6. The summed E-state index contributed by atoms with van der Waals surface area (Å²) in [4.78, 5) is 29.6. The molecule has 21 heavy (non-hydrogen) atoms. The molecule has 2 N–H and O–H groups in total. The number of likely N-dealkylation sites (tertiary alicyclic amines) is 1. The van der Waals surface area contributed by atoms with Gasteiger partial charge in [0.25, 0.3) is 0 Å². The number of nitrogens with zero attached hydrogens (tertiary/aromatic N) is 2. The van der Waals surface area contributed by atoms with E-state index in [9.17, 15) is 9.59 Å². The fourth-order valence-electron chi connectivity index (χ4n) is 2.81. The predicted molar refractivity (Wildman–Crippen MR) is 80.7 cm³/mol.